The summed E-state index contributed by atoms with van der Waals surface area (Å²) in [6.45, 7) is 0. The second-order valence-electron chi connectivity index (χ2n) is 5.61. The zero-order valence-electron chi connectivity index (χ0n) is 9.12. The Morgan fingerprint density at radius 1 is 0.571 bits per heavy atom. The van der Waals surface area contributed by atoms with Crippen LogP contribution in [0.2, 0.25) is 0 Å². The van der Waals surface area contributed by atoms with E-state index in [2.05, 4.69) is 12.2 Å². The van der Waals surface area contributed by atoms with E-state index in [0.29, 0.717) is 0 Å². The van der Waals surface area contributed by atoms with Crippen LogP contribution in [0.5, 0.6) is 0 Å². The first-order valence-corrected chi connectivity index (χ1v) is 6.63. The highest BCUT2D eigenvalue weighted by molar-refractivity contribution is 5.07. The van der Waals surface area contributed by atoms with Crippen LogP contribution in [0.1, 0.15) is 51.4 Å². The lowest BCUT2D eigenvalue weighted by Crippen LogP contribution is -2.35. The van der Waals surface area contributed by atoms with Crippen LogP contribution in [0, 0.1) is 23.7 Å². The summed E-state index contributed by atoms with van der Waals surface area (Å²) < 4.78 is 0. The average molecular weight is 190 g/mol. The van der Waals surface area contributed by atoms with Gasteiger partial charge < -0.3 is 0 Å². The van der Waals surface area contributed by atoms with Crippen LogP contribution in [-0.2, 0) is 0 Å². The zero-order chi connectivity index (χ0) is 9.38. The van der Waals surface area contributed by atoms with Crippen molar-refractivity contribution in [3.63, 3.8) is 0 Å². The number of allylic oxidation sites excluding steroid dienone is 2. The molecule has 2 fully saturated rings. The molecular weight excluding hydrogens is 168 g/mol. The van der Waals surface area contributed by atoms with Crippen molar-refractivity contribution < 1.29 is 0 Å². The molecular formula is C14H22. The molecule has 3 aliphatic carbocycles. The van der Waals surface area contributed by atoms with Gasteiger partial charge in [0.15, 0.2) is 0 Å². The first-order valence-electron chi connectivity index (χ1n) is 6.63. The molecule has 3 rings (SSSR count). The predicted molar refractivity (Wildman–Crippen MR) is 60.0 cm³/mol. The standard InChI is InChI=1S/C14H22/c1-3-7-13-11(5-1)9-10-12-6-2-4-8-14(12)13/h9-14H,1-8H2/t11-,12+,13-,14+. The minimum Gasteiger partial charge on any atom is -0.0848 e. The molecule has 0 unspecified atom stereocenters. The molecule has 0 aromatic heterocycles. The van der Waals surface area contributed by atoms with Crippen molar-refractivity contribution >= 4 is 0 Å². The van der Waals surface area contributed by atoms with Crippen molar-refractivity contribution in [2.75, 3.05) is 0 Å². The Labute approximate surface area is 87.8 Å². The van der Waals surface area contributed by atoms with Gasteiger partial charge in [-0.2, -0.15) is 0 Å². The molecule has 0 aliphatic heterocycles. The third-order valence-electron chi connectivity index (χ3n) is 4.91. The van der Waals surface area contributed by atoms with Gasteiger partial charge in [0, 0.05) is 0 Å². The molecule has 0 saturated heterocycles. The molecule has 0 aromatic carbocycles. The van der Waals surface area contributed by atoms with Crippen LogP contribution < -0.4 is 0 Å². The van der Waals surface area contributed by atoms with Crippen molar-refractivity contribution in [2.24, 2.45) is 23.7 Å². The Kier molecular flexibility index (Phi) is 2.39. The number of hydrogen-bond donors (Lipinski definition) is 0. The van der Waals surface area contributed by atoms with Crippen molar-refractivity contribution in [3.8, 4) is 0 Å². The van der Waals surface area contributed by atoms with Crippen molar-refractivity contribution in [1.29, 1.82) is 0 Å². The largest absolute Gasteiger partial charge is 0.0848 e. The monoisotopic (exact) mass is 190 g/mol. The molecule has 0 heterocycles. The van der Waals surface area contributed by atoms with Gasteiger partial charge in [-0.3, -0.25) is 0 Å². The van der Waals surface area contributed by atoms with E-state index >= 15 is 0 Å². The van der Waals surface area contributed by atoms with E-state index in [-0.39, 0.29) is 0 Å². The maximum Gasteiger partial charge on any atom is -0.0202 e. The highest BCUT2D eigenvalue weighted by Crippen LogP contribution is 2.48. The van der Waals surface area contributed by atoms with Crippen LogP contribution >= 0.6 is 0 Å². The summed E-state index contributed by atoms with van der Waals surface area (Å²) in [5.41, 5.74) is 0. The number of hydrogen-bond acceptors (Lipinski definition) is 0. The Bertz CT molecular complexity index is 204. The number of fused-ring (bicyclic) bond motifs is 3. The van der Waals surface area contributed by atoms with Crippen molar-refractivity contribution in [3.05, 3.63) is 12.2 Å². The van der Waals surface area contributed by atoms with Gasteiger partial charge in [0.1, 0.15) is 0 Å². The molecule has 0 aromatic rings. The summed E-state index contributed by atoms with van der Waals surface area (Å²) in [5, 5.41) is 0. The maximum absolute atomic E-state index is 2.58. The molecule has 0 amide bonds. The fourth-order valence-corrected chi connectivity index (χ4v) is 4.20. The van der Waals surface area contributed by atoms with Crippen molar-refractivity contribution in [2.45, 2.75) is 51.4 Å². The normalized spacial score (nSPS) is 46.9. The van der Waals surface area contributed by atoms with Crippen LogP contribution in [0.15, 0.2) is 12.2 Å². The lowest BCUT2D eigenvalue weighted by atomic mass is 9.61. The molecule has 2 saturated carbocycles. The quantitative estimate of drug-likeness (QED) is 0.503. The van der Waals surface area contributed by atoms with Gasteiger partial charge in [0.05, 0.1) is 0 Å². The molecule has 4 atom stereocenters. The van der Waals surface area contributed by atoms with E-state index in [1.165, 1.54) is 51.4 Å². The first kappa shape index (κ1) is 9.00. The van der Waals surface area contributed by atoms with Crippen LogP contribution in [0.4, 0.5) is 0 Å². The van der Waals surface area contributed by atoms with Gasteiger partial charge >= 0.3 is 0 Å². The second kappa shape index (κ2) is 3.72. The molecule has 78 valence electrons. The minimum atomic E-state index is 0.975. The van der Waals surface area contributed by atoms with Crippen LogP contribution in [0.3, 0.4) is 0 Å². The van der Waals surface area contributed by atoms with Crippen molar-refractivity contribution in [1.82, 2.24) is 0 Å². The zero-order valence-corrected chi connectivity index (χ0v) is 9.12. The fourth-order valence-electron chi connectivity index (χ4n) is 4.20. The summed E-state index contributed by atoms with van der Waals surface area (Å²) in [6, 6.07) is 0. The molecule has 3 aliphatic rings. The lowest BCUT2D eigenvalue weighted by molar-refractivity contribution is 0.108. The van der Waals surface area contributed by atoms with Crippen LogP contribution in [0.25, 0.3) is 0 Å². The lowest BCUT2D eigenvalue weighted by Gasteiger charge is -2.44. The smallest absolute Gasteiger partial charge is 0.0202 e. The topological polar surface area (TPSA) is 0 Å². The third kappa shape index (κ3) is 1.43. The van der Waals surface area contributed by atoms with Gasteiger partial charge in [-0.15, -0.1) is 0 Å². The average Bonchev–Trinajstić information content (AvgIpc) is 2.29. The summed E-state index contributed by atoms with van der Waals surface area (Å²) in [7, 11) is 0. The second-order valence-corrected chi connectivity index (χ2v) is 5.61. The summed E-state index contributed by atoms with van der Waals surface area (Å²) in [6.07, 6.45) is 17.2. The van der Waals surface area contributed by atoms with Gasteiger partial charge in [0.25, 0.3) is 0 Å². The van der Waals surface area contributed by atoms with Gasteiger partial charge in [-0.25, -0.2) is 0 Å². The van der Waals surface area contributed by atoms with Gasteiger partial charge in [-0.1, -0.05) is 37.8 Å². The Morgan fingerprint density at radius 2 is 1.00 bits per heavy atom. The van der Waals surface area contributed by atoms with E-state index in [1.54, 1.807) is 0 Å². The summed E-state index contributed by atoms with van der Waals surface area (Å²) in [5.74, 6) is 4.12. The minimum absolute atomic E-state index is 0.975. The van der Waals surface area contributed by atoms with E-state index in [9.17, 15) is 0 Å². The van der Waals surface area contributed by atoms with E-state index in [4.69, 9.17) is 0 Å². The number of rotatable bonds is 0. The van der Waals surface area contributed by atoms with Crippen LogP contribution in [-0.4, -0.2) is 0 Å². The Hall–Kier alpha value is -0.260. The Morgan fingerprint density at radius 3 is 1.50 bits per heavy atom. The summed E-state index contributed by atoms with van der Waals surface area (Å²) in [4.78, 5) is 0. The van der Waals surface area contributed by atoms with Gasteiger partial charge in [-0.05, 0) is 49.4 Å². The Balaban J connectivity index is 1.82. The highest BCUT2D eigenvalue weighted by atomic mass is 14.4. The SMILES string of the molecule is C1=C[C@H]2CCCC[C@H]2[C@H]2CCCC[C@@H]12. The van der Waals surface area contributed by atoms with E-state index < -0.39 is 0 Å². The third-order valence-corrected chi connectivity index (χ3v) is 4.91. The summed E-state index contributed by atoms with van der Waals surface area (Å²) >= 11 is 0. The molecule has 0 nitrogen and oxygen atoms in total. The van der Waals surface area contributed by atoms with E-state index in [1.807, 2.05) is 0 Å². The molecule has 0 bridgehead atoms. The fraction of sp³-hybridized carbons (Fsp3) is 0.857. The molecule has 0 heteroatoms. The first-order chi connectivity index (χ1) is 6.95. The van der Waals surface area contributed by atoms with Gasteiger partial charge in [0.2, 0.25) is 0 Å². The maximum atomic E-state index is 2.58. The molecule has 0 spiro atoms. The predicted octanol–water partition coefficient (Wildman–Crippen LogP) is 4.17. The van der Waals surface area contributed by atoms with E-state index in [0.717, 1.165) is 23.7 Å². The molecule has 0 N–H and O–H groups in total. The molecule has 0 radical (unpaired) electrons. The highest BCUT2D eigenvalue weighted by Gasteiger charge is 2.37. The molecule has 14 heavy (non-hydrogen) atoms.